The molecule has 80 valence electrons. The summed E-state index contributed by atoms with van der Waals surface area (Å²) in [7, 11) is 0. The number of hydrogen-bond donors (Lipinski definition) is 0. The molecule has 1 heterocycles. The Morgan fingerprint density at radius 1 is 1.25 bits per heavy atom. The summed E-state index contributed by atoms with van der Waals surface area (Å²) < 4.78 is 0. The first kappa shape index (κ1) is 10.8. The third-order valence-electron chi connectivity index (χ3n) is 2.42. The van der Waals surface area contributed by atoms with E-state index in [9.17, 15) is 4.79 Å². The molecule has 16 heavy (non-hydrogen) atoms. The number of carbonyl (C=O) groups is 1. The predicted octanol–water partition coefficient (Wildman–Crippen LogP) is 3.52. The molecule has 0 unspecified atom stereocenters. The lowest BCUT2D eigenvalue weighted by molar-refractivity contribution is 0.112. The average molecular weight is 232 g/mol. The fourth-order valence-corrected chi connectivity index (χ4v) is 1.85. The zero-order valence-electron chi connectivity index (χ0n) is 8.77. The van der Waals surface area contributed by atoms with Gasteiger partial charge in [-0.2, -0.15) is 0 Å². The van der Waals surface area contributed by atoms with Gasteiger partial charge in [-0.1, -0.05) is 35.9 Å². The molecule has 0 amide bonds. The molecule has 0 saturated carbocycles. The van der Waals surface area contributed by atoms with Gasteiger partial charge in [0.25, 0.3) is 0 Å². The summed E-state index contributed by atoms with van der Waals surface area (Å²) in [5.74, 6) is 0. The normalized spacial score (nSPS) is 10.1. The number of carbonyl (C=O) groups excluding carboxylic acids is 1. The first-order valence-electron chi connectivity index (χ1n) is 4.89. The minimum atomic E-state index is 0.458. The minimum absolute atomic E-state index is 0.458. The van der Waals surface area contributed by atoms with Crippen LogP contribution in [0.4, 0.5) is 0 Å². The molecule has 0 radical (unpaired) electrons. The molecular weight excluding hydrogens is 222 g/mol. The van der Waals surface area contributed by atoms with E-state index in [0.29, 0.717) is 10.6 Å². The Bertz CT molecular complexity index is 537. The van der Waals surface area contributed by atoms with Gasteiger partial charge < -0.3 is 0 Å². The van der Waals surface area contributed by atoms with E-state index in [1.807, 2.05) is 25.1 Å². The van der Waals surface area contributed by atoms with Gasteiger partial charge >= 0.3 is 0 Å². The van der Waals surface area contributed by atoms with Crippen molar-refractivity contribution in [2.45, 2.75) is 6.92 Å². The Hall–Kier alpha value is -1.67. The number of aromatic nitrogens is 1. The van der Waals surface area contributed by atoms with Gasteiger partial charge in [-0.05, 0) is 18.6 Å². The number of halogens is 1. The zero-order valence-corrected chi connectivity index (χ0v) is 9.53. The number of nitrogens with zero attached hydrogens (tertiary/aromatic N) is 1. The van der Waals surface area contributed by atoms with E-state index >= 15 is 0 Å². The molecule has 3 heteroatoms. The minimum Gasteiger partial charge on any atom is -0.298 e. The molecule has 0 aliphatic heterocycles. The van der Waals surface area contributed by atoms with Gasteiger partial charge in [-0.25, -0.2) is 0 Å². The number of hydrogen-bond acceptors (Lipinski definition) is 2. The summed E-state index contributed by atoms with van der Waals surface area (Å²) in [6, 6.07) is 9.20. The van der Waals surface area contributed by atoms with Crippen molar-refractivity contribution in [1.82, 2.24) is 4.98 Å². The van der Waals surface area contributed by atoms with E-state index < -0.39 is 0 Å². The smallest absolute Gasteiger partial charge is 0.151 e. The second-order valence-corrected chi connectivity index (χ2v) is 3.87. The van der Waals surface area contributed by atoms with Crippen LogP contribution < -0.4 is 0 Å². The van der Waals surface area contributed by atoms with Crippen LogP contribution in [-0.4, -0.2) is 11.3 Å². The number of aryl methyl sites for hydroxylation is 1. The Morgan fingerprint density at radius 2 is 2.06 bits per heavy atom. The van der Waals surface area contributed by atoms with Gasteiger partial charge in [-0.3, -0.25) is 9.78 Å². The lowest BCUT2D eigenvalue weighted by Gasteiger charge is -2.07. The quantitative estimate of drug-likeness (QED) is 0.741. The van der Waals surface area contributed by atoms with E-state index in [1.165, 1.54) is 0 Å². The standard InChI is InChI=1S/C13H10ClNO/c1-9-4-3-7-15-13(9)11-6-2-5-10(8-16)12(11)14/h2-8H,1H3. The highest BCUT2D eigenvalue weighted by Gasteiger charge is 2.10. The van der Waals surface area contributed by atoms with Crippen LogP contribution in [0.5, 0.6) is 0 Å². The van der Waals surface area contributed by atoms with Crippen LogP contribution in [0.25, 0.3) is 11.3 Å². The largest absolute Gasteiger partial charge is 0.298 e. The Balaban J connectivity index is 2.65. The molecule has 2 nitrogen and oxygen atoms in total. The van der Waals surface area contributed by atoms with Crippen molar-refractivity contribution >= 4 is 17.9 Å². The van der Waals surface area contributed by atoms with Crippen molar-refractivity contribution in [2.75, 3.05) is 0 Å². The SMILES string of the molecule is Cc1cccnc1-c1cccc(C=O)c1Cl. The Kier molecular flexibility index (Phi) is 3.02. The summed E-state index contributed by atoms with van der Waals surface area (Å²) in [5, 5.41) is 0.458. The summed E-state index contributed by atoms with van der Waals surface area (Å²) in [5.41, 5.74) is 3.14. The van der Waals surface area contributed by atoms with Crippen LogP contribution in [0, 0.1) is 6.92 Å². The van der Waals surface area contributed by atoms with Gasteiger partial charge in [-0.15, -0.1) is 0 Å². The van der Waals surface area contributed by atoms with Crippen LogP contribution in [0.2, 0.25) is 5.02 Å². The van der Waals surface area contributed by atoms with Crippen molar-refractivity contribution in [3.8, 4) is 11.3 Å². The van der Waals surface area contributed by atoms with E-state index in [0.717, 1.165) is 23.1 Å². The first-order chi connectivity index (χ1) is 7.74. The summed E-state index contributed by atoms with van der Waals surface area (Å²) in [6.07, 6.45) is 2.47. The predicted molar refractivity (Wildman–Crippen MR) is 64.8 cm³/mol. The van der Waals surface area contributed by atoms with E-state index in [4.69, 9.17) is 11.6 Å². The zero-order chi connectivity index (χ0) is 11.5. The lowest BCUT2D eigenvalue weighted by Crippen LogP contribution is -1.91. The summed E-state index contributed by atoms with van der Waals surface area (Å²) in [6.45, 7) is 1.96. The maximum Gasteiger partial charge on any atom is 0.151 e. The monoisotopic (exact) mass is 231 g/mol. The molecule has 0 fully saturated rings. The van der Waals surface area contributed by atoms with Crippen LogP contribution in [0.3, 0.4) is 0 Å². The van der Waals surface area contributed by atoms with Gasteiger partial charge in [0, 0.05) is 17.3 Å². The molecule has 0 N–H and O–H groups in total. The highest BCUT2D eigenvalue weighted by atomic mass is 35.5. The van der Waals surface area contributed by atoms with Crippen molar-refractivity contribution in [1.29, 1.82) is 0 Å². The molecule has 0 aliphatic carbocycles. The van der Waals surface area contributed by atoms with Gasteiger partial charge in [0.1, 0.15) is 0 Å². The molecule has 0 spiro atoms. The van der Waals surface area contributed by atoms with Crippen molar-refractivity contribution in [3.05, 3.63) is 52.7 Å². The van der Waals surface area contributed by atoms with Gasteiger partial charge in [0.05, 0.1) is 10.7 Å². The molecule has 0 aliphatic rings. The molecule has 2 aromatic rings. The Labute approximate surface area is 98.9 Å². The van der Waals surface area contributed by atoms with Crippen LogP contribution in [0.15, 0.2) is 36.5 Å². The molecule has 1 aromatic carbocycles. The molecule has 0 saturated heterocycles. The number of rotatable bonds is 2. The highest BCUT2D eigenvalue weighted by Crippen LogP contribution is 2.30. The van der Waals surface area contributed by atoms with Crippen molar-refractivity contribution < 1.29 is 4.79 Å². The molecule has 0 bridgehead atoms. The fourth-order valence-electron chi connectivity index (χ4n) is 1.59. The van der Waals surface area contributed by atoms with Crippen LogP contribution in [0.1, 0.15) is 15.9 Å². The van der Waals surface area contributed by atoms with E-state index in [-0.39, 0.29) is 0 Å². The third kappa shape index (κ3) is 1.84. The fraction of sp³-hybridized carbons (Fsp3) is 0.0769. The van der Waals surface area contributed by atoms with Crippen LogP contribution >= 0.6 is 11.6 Å². The Morgan fingerprint density at radius 3 is 2.75 bits per heavy atom. The topological polar surface area (TPSA) is 30.0 Å². The second kappa shape index (κ2) is 4.45. The molecule has 0 atom stereocenters. The number of aldehydes is 1. The van der Waals surface area contributed by atoms with Crippen molar-refractivity contribution in [2.24, 2.45) is 0 Å². The van der Waals surface area contributed by atoms with E-state index in [2.05, 4.69) is 4.98 Å². The van der Waals surface area contributed by atoms with Crippen LogP contribution in [-0.2, 0) is 0 Å². The van der Waals surface area contributed by atoms with Gasteiger partial charge in [0.15, 0.2) is 6.29 Å². The van der Waals surface area contributed by atoms with Crippen molar-refractivity contribution in [3.63, 3.8) is 0 Å². The molecule has 2 rings (SSSR count). The molecular formula is C13H10ClNO. The second-order valence-electron chi connectivity index (χ2n) is 3.50. The van der Waals surface area contributed by atoms with E-state index in [1.54, 1.807) is 18.3 Å². The lowest BCUT2D eigenvalue weighted by atomic mass is 10.0. The maximum absolute atomic E-state index is 10.8. The number of benzene rings is 1. The molecule has 1 aromatic heterocycles. The maximum atomic E-state index is 10.8. The number of pyridine rings is 1. The summed E-state index contributed by atoms with van der Waals surface area (Å²) in [4.78, 5) is 15.1. The van der Waals surface area contributed by atoms with Gasteiger partial charge in [0.2, 0.25) is 0 Å². The highest BCUT2D eigenvalue weighted by molar-refractivity contribution is 6.35. The summed E-state index contributed by atoms with van der Waals surface area (Å²) >= 11 is 6.14. The average Bonchev–Trinajstić information content (AvgIpc) is 2.31. The third-order valence-corrected chi connectivity index (χ3v) is 2.84. The first-order valence-corrected chi connectivity index (χ1v) is 5.27.